The number of hydrogen-bond donors (Lipinski definition) is 5. The van der Waals surface area contributed by atoms with Gasteiger partial charge in [-0.3, -0.25) is 25.2 Å². The molecule has 0 unspecified atom stereocenters. The number of pyridine rings is 1. The lowest BCUT2D eigenvalue weighted by atomic mass is 10.2. The lowest BCUT2D eigenvalue weighted by molar-refractivity contribution is -0.134. The summed E-state index contributed by atoms with van der Waals surface area (Å²) in [5.41, 5.74) is 7.18. The summed E-state index contributed by atoms with van der Waals surface area (Å²) in [7, 11) is -4.27. The number of carboxylic acids is 1. The summed E-state index contributed by atoms with van der Waals surface area (Å²) < 4.78 is 31.2. The first kappa shape index (κ1) is 20.0. The molecule has 150 valence electrons. The van der Waals surface area contributed by atoms with E-state index in [1.165, 1.54) is 24.3 Å². The van der Waals surface area contributed by atoms with Gasteiger partial charge in [0.1, 0.15) is 6.54 Å². The third-order valence-corrected chi connectivity index (χ3v) is 4.41. The van der Waals surface area contributed by atoms with Crippen LogP contribution in [0.4, 0.5) is 17.5 Å². The van der Waals surface area contributed by atoms with E-state index in [-0.39, 0.29) is 17.4 Å². The first-order chi connectivity index (χ1) is 13.8. The Labute approximate surface area is 165 Å². The van der Waals surface area contributed by atoms with Gasteiger partial charge in [0.05, 0.1) is 22.0 Å². The predicted molar refractivity (Wildman–Crippen MR) is 105 cm³/mol. The molecule has 3 rings (SSSR count). The number of carboxylic acid groups (broad SMARTS) is 1. The maximum absolute atomic E-state index is 11.1. The number of carbonyl (C=O) groups is 1. The number of hydrazine groups is 1. The van der Waals surface area contributed by atoms with Crippen LogP contribution in [0.5, 0.6) is 0 Å². The Morgan fingerprint density at radius 2 is 1.76 bits per heavy atom. The molecule has 2 aromatic heterocycles. The summed E-state index contributed by atoms with van der Waals surface area (Å²) in [6.45, 7) is -0.365. The van der Waals surface area contributed by atoms with E-state index in [1.54, 1.807) is 30.5 Å². The highest BCUT2D eigenvalue weighted by Crippen LogP contribution is 2.20. The number of aliphatic carboxylic acids is 1. The Morgan fingerprint density at radius 1 is 1.00 bits per heavy atom. The van der Waals surface area contributed by atoms with Crippen molar-refractivity contribution in [1.82, 2.24) is 15.0 Å². The van der Waals surface area contributed by atoms with Gasteiger partial charge in [-0.05, 0) is 36.4 Å². The third kappa shape index (κ3) is 5.60. The fourth-order valence-corrected chi connectivity index (χ4v) is 2.72. The van der Waals surface area contributed by atoms with Gasteiger partial charge in [0.15, 0.2) is 5.82 Å². The minimum absolute atomic E-state index is 0.0848. The summed E-state index contributed by atoms with van der Waals surface area (Å²) in [5, 5.41) is 11.4. The van der Waals surface area contributed by atoms with Crippen LogP contribution < -0.4 is 16.2 Å². The van der Waals surface area contributed by atoms with Crippen LogP contribution in [0.25, 0.3) is 11.4 Å². The molecule has 11 nitrogen and oxygen atoms in total. The molecule has 29 heavy (non-hydrogen) atoms. The van der Waals surface area contributed by atoms with Gasteiger partial charge in [0.25, 0.3) is 10.1 Å². The van der Waals surface area contributed by atoms with E-state index in [2.05, 4.69) is 31.1 Å². The van der Waals surface area contributed by atoms with E-state index in [0.29, 0.717) is 22.9 Å². The standard InChI is InChI=1S/C17H16N6O5S/c24-16(25)10-19-17-20-14(13-3-1-2-8-18-13)9-15(21-17)23-22-11-4-6-12(7-5-11)29(26,27)28/h1-9,22H,10H2,(H,24,25)(H,26,27,28)(H2,19,20,21,23). The lowest BCUT2D eigenvalue weighted by Crippen LogP contribution is -2.16. The molecule has 5 N–H and O–H groups in total. The van der Waals surface area contributed by atoms with Crippen molar-refractivity contribution in [3.63, 3.8) is 0 Å². The van der Waals surface area contributed by atoms with E-state index in [1.807, 2.05) is 0 Å². The number of nitrogens with zero attached hydrogens (tertiary/aromatic N) is 3. The van der Waals surface area contributed by atoms with Crippen molar-refractivity contribution in [2.45, 2.75) is 4.90 Å². The average molecular weight is 416 g/mol. The number of rotatable bonds is 8. The van der Waals surface area contributed by atoms with E-state index >= 15 is 0 Å². The van der Waals surface area contributed by atoms with E-state index in [4.69, 9.17) is 9.66 Å². The van der Waals surface area contributed by atoms with Crippen molar-refractivity contribution < 1.29 is 22.9 Å². The SMILES string of the molecule is O=C(O)CNc1nc(NNc2ccc(S(=O)(=O)O)cc2)cc(-c2ccccn2)n1. The number of aromatic nitrogens is 3. The average Bonchev–Trinajstić information content (AvgIpc) is 2.71. The summed E-state index contributed by atoms with van der Waals surface area (Å²) in [4.78, 5) is 23.2. The molecule has 0 radical (unpaired) electrons. The van der Waals surface area contributed by atoms with Crippen molar-refractivity contribution in [2.24, 2.45) is 0 Å². The number of nitrogens with one attached hydrogen (secondary N) is 3. The van der Waals surface area contributed by atoms with Gasteiger partial charge in [0, 0.05) is 12.3 Å². The molecule has 0 aliphatic carbocycles. The summed E-state index contributed by atoms with van der Waals surface area (Å²) >= 11 is 0. The topological polar surface area (TPSA) is 166 Å². The Bertz CT molecular complexity index is 1110. The molecular formula is C17H16N6O5S. The smallest absolute Gasteiger partial charge is 0.322 e. The van der Waals surface area contributed by atoms with Gasteiger partial charge in [-0.1, -0.05) is 6.07 Å². The maximum atomic E-state index is 11.1. The first-order valence-corrected chi connectivity index (χ1v) is 9.61. The zero-order valence-corrected chi connectivity index (χ0v) is 15.6. The molecule has 0 bridgehead atoms. The molecule has 0 fully saturated rings. The molecule has 0 saturated heterocycles. The normalized spacial score (nSPS) is 10.9. The molecule has 0 saturated carbocycles. The van der Waals surface area contributed by atoms with Crippen molar-refractivity contribution in [2.75, 3.05) is 22.7 Å². The first-order valence-electron chi connectivity index (χ1n) is 8.17. The van der Waals surface area contributed by atoms with Crippen LogP contribution in [-0.4, -0.2) is 45.5 Å². The second kappa shape index (κ2) is 8.50. The van der Waals surface area contributed by atoms with Gasteiger partial charge >= 0.3 is 5.97 Å². The molecule has 0 spiro atoms. The van der Waals surface area contributed by atoms with Crippen LogP contribution >= 0.6 is 0 Å². The molecule has 12 heteroatoms. The number of hydrogen-bond acceptors (Lipinski definition) is 9. The summed E-state index contributed by atoms with van der Waals surface area (Å²) in [6, 6.07) is 12.3. The van der Waals surface area contributed by atoms with Crippen LogP contribution in [0, 0.1) is 0 Å². The molecule has 1 aromatic carbocycles. The summed E-state index contributed by atoms with van der Waals surface area (Å²) in [6.07, 6.45) is 1.60. The zero-order chi connectivity index (χ0) is 20.9. The van der Waals surface area contributed by atoms with E-state index in [0.717, 1.165) is 0 Å². The number of benzene rings is 1. The van der Waals surface area contributed by atoms with Crippen LogP contribution in [0.1, 0.15) is 0 Å². The largest absolute Gasteiger partial charge is 0.480 e. The minimum Gasteiger partial charge on any atom is -0.480 e. The van der Waals surface area contributed by atoms with Crippen LogP contribution in [0.3, 0.4) is 0 Å². The fourth-order valence-electron chi connectivity index (χ4n) is 2.24. The van der Waals surface area contributed by atoms with Crippen molar-refractivity contribution in [1.29, 1.82) is 0 Å². The quantitative estimate of drug-likeness (QED) is 0.268. The van der Waals surface area contributed by atoms with Crippen LogP contribution in [0.15, 0.2) is 59.6 Å². The van der Waals surface area contributed by atoms with E-state index in [9.17, 15) is 13.2 Å². The van der Waals surface area contributed by atoms with Gasteiger partial charge in [-0.15, -0.1) is 0 Å². The van der Waals surface area contributed by atoms with Crippen LogP contribution in [-0.2, 0) is 14.9 Å². The summed E-state index contributed by atoms with van der Waals surface area (Å²) in [5.74, 6) is -0.669. The maximum Gasteiger partial charge on any atom is 0.322 e. The van der Waals surface area contributed by atoms with Crippen molar-refractivity contribution in [3.05, 3.63) is 54.7 Å². The molecule has 0 aliphatic heterocycles. The predicted octanol–water partition coefficient (Wildman–Crippen LogP) is 1.72. The molecular weight excluding hydrogens is 400 g/mol. The monoisotopic (exact) mass is 416 g/mol. The lowest BCUT2D eigenvalue weighted by Gasteiger charge is -2.12. The van der Waals surface area contributed by atoms with Gasteiger partial charge < -0.3 is 10.4 Å². The second-order valence-corrected chi connectivity index (χ2v) is 7.10. The van der Waals surface area contributed by atoms with Gasteiger partial charge in [-0.2, -0.15) is 13.4 Å². The van der Waals surface area contributed by atoms with Crippen molar-refractivity contribution in [3.8, 4) is 11.4 Å². The third-order valence-electron chi connectivity index (χ3n) is 3.54. The highest BCUT2D eigenvalue weighted by atomic mass is 32.2. The zero-order valence-electron chi connectivity index (χ0n) is 14.8. The second-order valence-electron chi connectivity index (χ2n) is 5.67. The Morgan fingerprint density at radius 3 is 2.38 bits per heavy atom. The molecule has 2 heterocycles. The van der Waals surface area contributed by atoms with Crippen molar-refractivity contribution >= 4 is 33.5 Å². The Balaban J connectivity index is 1.81. The van der Waals surface area contributed by atoms with Crippen LogP contribution in [0.2, 0.25) is 0 Å². The molecule has 0 aliphatic rings. The highest BCUT2D eigenvalue weighted by molar-refractivity contribution is 7.85. The highest BCUT2D eigenvalue weighted by Gasteiger charge is 2.10. The molecule has 0 amide bonds. The molecule has 0 atom stereocenters. The Kier molecular flexibility index (Phi) is 5.85. The minimum atomic E-state index is -4.27. The Hall–Kier alpha value is -3.77. The van der Waals surface area contributed by atoms with Gasteiger partial charge in [-0.25, -0.2) is 4.98 Å². The number of anilines is 3. The fraction of sp³-hybridized carbons (Fsp3) is 0.0588. The van der Waals surface area contributed by atoms with Gasteiger partial charge in [0.2, 0.25) is 5.95 Å². The van der Waals surface area contributed by atoms with E-state index < -0.39 is 16.1 Å². The molecule has 3 aromatic rings.